The van der Waals surface area contributed by atoms with Crippen LogP contribution in [-0.2, 0) is 31.1 Å². The van der Waals surface area contributed by atoms with Crippen molar-refractivity contribution in [1.82, 2.24) is 9.78 Å². The zero-order chi connectivity index (χ0) is 28.5. The summed E-state index contributed by atoms with van der Waals surface area (Å²) in [7, 11) is 1.81. The first-order valence-electron chi connectivity index (χ1n) is 12.2. The summed E-state index contributed by atoms with van der Waals surface area (Å²) in [6.07, 6.45) is -4.40. The number of nitrogens with zero attached hydrogens (tertiary/aromatic N) is 3. The van der Waals surface area contributed by atoms with Gasteiger partial charge in [-0.15, -0.1) is 0 Å². The number of hydrogen-bond donors (Lipinski definition) is 1. The van der Waals surface area contributed by atoms with Gasteiger partial charge in [0, 0.05) is 31.8 Å². The van der Waals surface area contributed by atoms with Crippen molar-refractivity contribution in [2.45, 2.75) is 52.6 Å². The van der Waals surface area contributed by atoms with Crippen molar-refractivity contribution in [3.05, 3.63) is 87.1 Å². The molecule has 2 aromatic carbocycles. The highest BCUT2D eigenvalue weighted by atomic mass is 32.1. The Bertz CT molecular complexity index is 1440. The highest BCUT2D eigenvalue weighted by molar-refractivity contribution is 7.07. The average molecular weight is 558 g/mol. The first-order valence-corrected chi connectivity index (χ1v) is 13.2. The minimum absolute atomic E-state index is 0.520. The number of ether oxygens (including phenoxy) is 1. The normalized spacial score (nSPS) is 12.0. The van der Waals surface area contributed by atoms with Crippen LogP contribution in [0.4, 0.5) is 19.0 Å². The third-order valence-corrected chi connectivity index (χ3v) is 7.14. The Morgan fingerprint density at radius 3 is 2.18 bits per heavy atom. The van der Waals surface area contributed by atoms with E-state index in [0.717, 1.165) is 40.2 Å². The van der Waals surface area contributed by atoms with Gasteiger partial charge in [-0.3, -0.25) is 4.68 Å². The number of carbonyl (C=O) groups is 1. The zero-order valence-corrected chi connectivity index (χ0v) is 23.2. The number of anilines is 1. The minimum atomic E-state index is -4.40. The van der Waals surface area contributed by atoms with Crippen LogP contribution < -0.4 is 9.64 Å². The Morgan fingerprint density at radius 2 is 1.64 bits per heavy atom. The fourth-order valence-corrected chi connectivity index (χ4v) is 5.02. The SMILES string of the molecule is Cc1cc(CN(Cc2ccsc2)c2cc(-c3ccc(C(F)(F)F)cc3)nn2C)cc(C)c1OC(C)(C)C(=O)O. The van der Waals surface area contributed by atoms with Crippen molar-refractivity contribution < 1.29 is 27.8 Å². The van der Waals surface area contributed by atoms with Crippen molar-refractivity contribution in [3.63, 3.8) is 0 Å². The number of aromatic nitrogens is 2. The van der Waals surface area contributed by atoms with Crippen molar-refractivity contribution >= 4 is 23.1 Å². The zero-order valence-electron chi connectivity index (χ0n) is 22.3. The fraction of sp³-hybridized carbons (Fsp3) is 0.310. The van der Waals surface area contributed by atoms with Gasteiger partial charge in [0.1, 0.15) is 11.6 Å². The molecule has 0 unspecified atom stereocenters. The van der Waals surface area contributed by atoms with Gasteiger partial charge in [0.15, 0.2) is 5.60 Å². The lowest BCUT2D eigenvalue weighted by Gasteiger charge is -2.27. The van der Waals surface area contributed by atoms with Crippen molar-refractivity contribution in [1.29, 1.82) is 0 Å². The number of carboxylic acid groups (broad SMARTS) is 1. The third-order valence-electron chi connectivity index (χ3n) is 6.41. The molecule has 0 spiro atoms. The smallest absolute Gasteiger partial charge is 0.416 e. The Labute approximate surface area is 229 Å². The predicted molar refractivity (Wildman–Crippen MR) is 146 cm³/mol. The summed E-state index contributed by atoms with van der Waals surface area (Å²) in [5.41, 5.74) is 2.86. The molecule has 10 heteroatoms. The molecule has 0 saturated heterocycles. The molecule has 0 aliphatic rings. The van der Waals surface area contributed by atoms with E-state index in [1.165, 1.54) is 26.0 Å². The third kappa shape index (κ3) is 6.44. The van der Waals surface area contributed by atoms with Gasteiger partial charge in [-0.05, 0) is 78.9 Å². The van der Waals surface area contributed by atoms with E-state index >= 15 is 0 Å². The second-order valence-corrected chi connectivity index (χ2v) is 10.8. The van der Waals surface area contributed by atoms with Crippen LogP contribution in [0.25, 0.3) is 11.3 Å². The molecule has 1 N–H and O–H groups in total. The number of aryl methyl sites for hydroxylation is 3. The number of alkyl halides is 3. The molecule has 206 valence electrons. The van der Waals surface area contributed by atoms with Crippen LogP contribution in [-0.4, -0.2) is 26.5 Å². The molecule has 0 saturated carbocycles. The van der Waals surface area contributed by atoms with E-state index < -0.39 is 23.3 Å². The topological polar surface area (TPSA) is 67.6 Å². The maximum Gasteiger partial charge on any atom is 0.416 e. The van der Waals surface area contributed by atoms with Crippen LogP contribution in [0.1, 0.15) is 41.7 Å². The molecule has 0 aliphatic heterocycles. The van der Waals surface area contributed by atoms with Crippen molar-refractivity contribution in [2.75, 3.05) is 4.90 Å². The Kier molecular flexibility index (Phi) is 7.79. The van der Waals surface area contributed by atoms with E-state index in [2.05, 4.69) is 15.4 Å². The average Bonchev–Trinajstić information content (AvgIpc) is 3.50. The molecule has 4 rings (SSSR count). The summed E-state index contributed by atoms with van der Waals surface area (Å²) >= 11 is 1.60. The van der Waals surface area contributed by atoms with Crippen LogP contribution in [0.15, 0.2) is 59.3 Å². The maximum atomic E-state index is 13.0. The molecule has 0 aliphatic carbocycles. The predicted octanol–water partition coefficient (Wildman–Crippen LogP) is 7.23. The molecular weight excluding hydrogens is 527 g/mol. The van der Waals surface area contributed by atoms with Crippen LogP contribution in [0.5, 0.6) is 5.75 Å². The second-order valence-electron chi connectivity index (χ2n) is 10.1. The van der Waals surface area contributed by atoms with Crippen LogP contribution in [0, 0.1) is 13.8 Å². The monoisotopic (exact) mass is 557 g/mol. The van der Waals surface area contributed by atoms with Crippen LogP contribution >= 0.6 is 11.3 Å². The Balaban J connectivity index is 1.66. The fourth-order valence-electron chi connectivity index (χ4n) is 4.36. The molecule has 0 atom stereocenters. The van der Waals surface area contributed by atoms with Gasteiger partial charge in [0.05, 0.1) is 11.3 Å². The summed E-state index contributed by atoms with van der Waals surface area (Å²) in [5, 5.41) is 18.1. The summed E-state index contributed by atoms with van der Waals surface area (Å²) < 4.78 is 46.7. The van der Waals surface area contributed by atoms with Gasteiger partial charge in [0.25, 0.3) is 0 Å². The van der Waals surface area contributed by atoms with E-state index in [-0.39, 0.29) is 0 Å². The molecule has 0 amide bonds. The lowest BCUT2D eigenvalue weighted by Crippen LogP contribution is -2.38. The Hall–Kier alpha value is -3.79. The van der Waals surface area contributed by atoms with E-state index in [9.17, 15) is 23.1 Å². The number of halogens is 3. The van der Waals surface area contributed by atoms with Crippen LogP contribution in [0.3, 0.4) is 0 Å². The summed E-state index contributed by atoms with van der Waals surface area (Å²) in [4.78, 5) is 13.7. The minimum Gasteiger partial charge on any atom is -0.478 e. The van der Waals surface area contributed by atoms with Crippen LogP contribution in [0.2, 0.25) is 0 Å². The number of thiophene rings is 1. The van der Waals surface area contributed by atoms with Gasteiger partial charge >= 0.3 is 12.1 Å². The second kappa shape index (κ2) is 10.8. The van der Waals surface area contributed by atoms with Crippen molar-refractivity contribution in [2.24, 2.45) is 7.05 Å². The molecule has 39 heavy (non-hydrogen) atoms. The molecule has 2 aromatic heterocycles. The number of aliphatic carboxylic acids is 1. The summed E-state index contributed by atoms with van der Waals surface area (Å²) in [6.45, 7) is 7.92. The standard InChI is InChI=1S/C29H30F3N3O3S/c1-18-12-21(13-19(2)26(18)38-28(3,4)27(36)37)16-35(15-20-10-11-39-17-20)25-14-24(33-34(25)5)22-6-8-23(9-7-22)29(30,31)32/h6-14,17H,15-16H2,1-5H3,(H,36,37). The largest absolute Gasteiger partial charge is 0.478 e. The van der Waals surface area contributed by atoms with Gasteiger partial charge in [0.2, 0.25) is 0 Å². The van der Waals surface area contributed by atoms with Gasteiger partial charge in [-0.1, -0.05) is 24.3 Å². The lowest BCUT2D eigenvalue weighted by atomic mass is 10.0. The quantitative estimate of drug-likeness (QED) is 0.235. The molecule has 6 nitrogen and oxygen atoms in total. The first kappa shape index (κ1) is 28.2. The highest BCUT2D eigenvalue weighted by Crippen LogP contribution is 2.33. The van der Waals surface area contributed by atoms with E-state index in [0.29, 0.717) is 30.1 Å². The molecular formula is C29H30F3N3O3S. The molecule has 2 heterocycles. The highest BCUT2D eigenvalue weighted by Gasteiger charge is 2.31. The van der Waals surface area contributed by atoms with Gasteiger partial charge < -0.3 is 14.7 Å². The molecule has 4 aromatic rings. The lowest BCUT2D eigenvalue weighted by molar-refractivity contribution is -0.152. The number of benzene rings is 2. The first-order chi connectivity index (χ1) is 18.2. The van der Waals surface area contributed by atoms with Gasteiger partial charge in [-0.2, -0.15) is 29.6 Å². The van der Waals surface area contributed by atoms with Crippen molar-refractivity contribution in [3.8, 4) is 17.0 Å². The number of carboxylic acids is 1. The van der Waals surface area contributed by atoms with E-state index in [4.69, 9.17) is 4.74 Å². The number of hydrogen-bond acceptors (Lipinski definition) is 5. The molecule has 0 fully saturated rings. The Morgan fingerprint density at radius 1 is 1.03 bits per heavy atom. The summed E-state index contributed by atoms with van der Waals surface area (Å²) in [6, 6.07) is 12.9. The van der Waals surface area contributed by atoms with E-state index in [1.807, 2.05) is 50.5 Å². The number of rotatable bonds is 9. The molecule has 0 bridgehead atoms. The van der Waals surface area contributed by atoms with E-state index in [1.54, 1.807) is 16.0 Å². The maximum absolute atomic E-state index is 13.0. The molecule has 0 radical (unpaired) electrons. The summed E-state index contributed by atoms with van der Waals surface area (Å²) in [5.74, 6) is 0.298. The van der Waals surface area contributed by atoms with Gasteiger partial charge in [-0.25, -0.2) is 4.79 Å².